The van der Waals surface area contributed by atoms with E-state index in [0.29, 0.717) is 5.41 Å². The van der Waals surface area contributed by atoms with Crippen LogP contribution in [0.15, 0.2) is 3.92 Å². The molecule has 0 saturated carbocycles. The molecule has 0 saturated heterocycles. The fraction of sp³-hybridized carbons (Fsp3) is 0.714. The van der Waals surface area contributed by atoms with Gasteiger partial charge in [0.1, 0.15) is 5.01 Å². The monoisotopic (exact) mass is 234 g/mol. The third-order valence-corrected chi connectivity index (χ3v) is 2.48. The average molecular weight is 235 g/mol. The number of rotatable bonds is 1. The average Bonchev–Trinajstić information content (AvgIpc) is 2.10. The van der Waals surface area contributed by atoms with Crippen molar-refractivity contribution in [3.05, 3.63) is 8.92 Å². The van der Waals surface area contributed by atoms with E-state index in [0.717, 1.165) is 15.3 Å². The maximum atomic E-state index is 4.02. The Kier molecular flexibility index (Phi) is 2.65. The van der Waals surface area contributed by atoms with Crippen molar-refractivity contribution in [2.45, 2.75) is 27.2 Å². The smallest absolute Gasteiger partial charge is 0.143 e. The van der Waals surface area contributed by atoms with E-state index >= 15 is 0 Å². The third kappa shape index (κ3) is 3.29. The summed E-state index contributed by atoms with van der Waals surface area (Å²) < 4.78 is 0.872. The molecule has 1 aromatic rings. The van der Waals surface area contributed by atoms with E-state index < -0.39 is 0 Å². The highest BCUT2D eigenvalue weighted by Crippen LogP contribution is 2.24. The molecule has 2 nitrogen and oxygen atoms in total. The lowest BCUT2D eigenvalue weighted by Crippen LogP contribution is -2.08. The fourth-order valence-corrected chi connectivity index (χ4v) is 2.26. The van der Waals surface area contributed by atoms with Crippen molar-refractivity contribution in [3.63, 3.8) is 0 Å². The highest BCUT2D eigenvalue weighted by atomic mass is 79.9. The van der Waals surface area contributed by atoms with Crippen LogP contribution in [-0.2, 0) is 6.42 Å². The van der Waals surface area contributed by atoms with Gasteiger partial charge in [0.25, 0.3) is 0 Å². The van der Waals surface area contributed by atoms with Gasteiger partial charge in [-0.2, -0.15) is 0 Å². The first kappa shape index (κ1) is 9.13. The molecule has 0 aromatic carbocycles. The van der Waals surface area contributed by atoms with Crippen LogP contribution < -0.4 is 0 Å². The minimum Gasteiger partial charge on any atom is -0.143 e. The number of nitrogens with zero attached hydrogens (tertiary/aromatic N) is 2. The summed E-state index contributed by atoms with van der Waals surface area (Å²) in [6.45, 7) is 6.59. The van der Waals surface area contributed by atoms with Gasteiger partial charge in [-0.25, -0.2) is 0 Å². The molecule has 0 radical (unpaired) electrons. The molecule has 0 unspecified atom stereocenters. The van der Waals surface area contributed by atoms with Crippen LogP contribution in [0.25, 0.3) is 0 Å². The molecule has 1 aromatic heterocycles. The first-order chi connectivity index (χ1) is 4.97. The second-order valence-electron chi connectivity index (χ2n) is 3.69. The quantitative estimate of drug-likeness (QED) is 0.747. The molecule has 0 amide bonds. The second kappa shape index (κ2) is 3.19. The molecule has 0 atom stereocenters. The summed E-state index contributed by atoms with van der Waals surface area (Å²) in [5, 5.41) is 9.01. The Hall–Kier alpha value is 0.0400. The lowest BCUT2D eigenvalue weighted by Gasteiger charge is -2.14. The molecule has 0 N–H and O–H groups in total. The zero-order chi connectivity index (χ0) is 8.48. The topological polar surface area (TPSA) is 25.8 Å². The van der Waals surface area contributed by atoms with Gasteiger partial charge in [-0.15, -0.1) is 10.2 Å². The molecule has 1 rings (SSSR count). The van der Waals surface area contributed by atoms with Crippen LogP contribution in [-0.4, -0.2) is 10.2 Å². The van der Waals surface area contributed by atoms with Crippen molar-refractivity contribution in [3.8, 4) is 0 Å². The minimum absolute atomic E-state index is 0.305. The third-order valence-electron chi connectivity index (χ3n) is 1.12. The second-order valence-corrected chi connectivity index (χ2v) is 6.02. The van der Waals surface area contributed by atoms with Crippen molar-refractivity contribution in [2.24, 2.45) is 5.41 Å². The first-order valence-corrected chi connectivity index (χ1v) is 5.06. The van der Waals surface area contributed by atoms with Crippen LogP contribution in [0.1, 0.15) is 25.8 Å². The molecule has 0 bridgehead atoms. The molecule has 0 fully saturated rings. The maximum absolute atomic E-state index is 4.02. The maximum Gasteiger partial charge on any atom is 0.183 e. The summed E-state index contributed by atoms with van der Waals surface area (Å²) in [5.41, 5.74) is 0.305. The van der Waals surface area contributed by atoms with Crippen LogP contribution >= 0.6 is 27.3 Å². The van der Waals surface area contributed by atoms with Gasteiger partial charge >= 0.3 is 0 Å². The molecule has 4 heteroatoms. The zero-order valence-corrected chi connectivity index (χ0v) is 9.29. The number of aromatic nitrogens is 2. The zero-order valence-electron chi connectivity index (χ0n) is 6.89. The van der Waals surface area contributed by atoms with Crippen molar-refractivity contribution in [1.29, 1.82) is 0 Å². The van der Waals surface area contributed by atoms with Crippen LogP contribution in [0.2, 0.25) is 0 Å². The van der Waals surface area contributed by atoms with Gasteiger partial charge in [-0.05, 0) is 21.3 Å². The summed E-state index contributed by atoms with van der Waals surface area (Å²) in [4.78, 5) is 0. The van der Waals surface area contributed by atoms with Crippen molar-refractivity contribution < 1.29 is 0 Å². The summed E-state index contributed by atoms with van der Waals surface area (Å²) in [5.74, 6) is 0. The SMILES string of the molecule is CC(C)(C)Cc1nnc(Br)s1. The fourth-order valence-electron chi connectivity index (χ4n) is 0.758. The van der Waals surface area contributed by atoms with Gasteiger partial charge in [0.2, 0.25) is 0 Å². The minimum atomic E-state index is 0.305. The lowest BCUT2D eigenvalue weighted by molar-refractivity contribution is 0.409. The Morgan fingerprint density at radius 2 is 2.00 bits per heavy atom. The Labute approximate surface area is 79.2 Å². The standard InChI is InChI=1S/C7H11BrN2S/c1-7(2,3)4-5-9-10-6(8)11-5/h4H2,1-3H3. The van der Waals surface area contributed by atoms with E-state index in [1.807, 2.05) is 0 Å². The summed E-state index contributed by atoms with van der Waals surface area (Å²) >= 11 is 4.89. The molecular weight excluding hydrogens is 224 g/mol. The van der Waals surface area contributed by atoms with E-state index in [1.54, 1.807) is 11.3 Å². The Bertz CT molecular complexity index is 239. The van der Waals surface area contributed by atoms with Gasteiger partial charge in [-0.3, -0.25) is 0 Å². The Morgan fingerprint density at radius 1 is 1.36 bits per heavy atom. The summed E-state index contributed by atoms with van der Waals surface area (Å²) in [6.07, 6.45) is 0.996. The Morgan fingerprint density at radius 3 is 2.36 bits per heavy atom. The van der Waals surface area contributed by atoms with Crippen molar-refractivity contribution in [2.75, 3.05) is 0 Å². The summed E-state index contributed by atoms with van der Waals surface area (Å²) in [6, 6.07) is 0. The summed E-state index contributed by atoms with van der Waals surface area (Å²) in [7, 11) is 0. The highest BCUT2D eigenvalue weighted by molar-refractivity contribution is 9.11. The van der Waals surface area contributed by atoms with E-state index in [1.165, 1.54) is 0 Å². The highest BCUT2D eigenvalue weighted by Gasteiger charge is 2.14. The molecule has 1 heterocycles. The van der Waals surface area contributed by atoms with E-state index in [2.05, 4.69) is 46.9 Å². The number of halogens is 1. The molecular formula is C7H11BrN2S. The molecule has 11 heavy (non-hydrogen) atoms. The molecule has 0 aliphatic heterocycles. The molecule has 0 aliphatic carbocycles. The van der Waals surface area contributed by atoms with Crippen LogP contribution in [0.5, 0.6) is 0 Å². The van der Waals surface area contributed by atoms with E-state index in [-0.39, 0.29) is 0 Å². The molecule has 0 aliphatic rings. The predicted molar refractivity (Wildman–Crippen MR) is 50.8 cm³/mol. The van der Waals surface area contributed by atoms with Crippen molar-refractivity contribution >= 4 is 27.3 Å². The Balaban J connectivity index is 2.65. The van der Waals surface area contributed by atoms with Crippen molar-refractivity contribution in [1.82, 2.24) is 10.2 Å². The molecule has 0 spiro atoms. The van der Waals surface area contributed by atoms with Gasteiger partial charge in [0.05, 0.1) is 0 Å². The lowest BCUT2D eigenvalue weighted by atomic mass is 9.93. The van der Waals surface area contributed by atoms with E-state index in [4.69, 9.17) is 0 Å². The largest absolute Gasteiger partial charge is 0.183 e. The van der Waals surface area contributed by atoms with Gasteiger partial charge in [0, 0.05) is 6.42 Å². The van der Waals surface area contributed by atoms with Crippen LogP contribution in [0.3, 0.4) is 0 Å². The number of hydrogen-bond donors (Lipinski definition) is 0. The normalized spacial score (nSPS) is 12.0. The van der Waals surface area contributed by atoms with Gasteiger partial charge in [-0.1, -0.05) is 32.1 Å². The van der Waals surface area contributed by atoms with Crippen LogP contribution in [0, 0.1) is 5.41 Å². The van der Waals surface area contributed by atoms with Gasteiger partial charge in [0.15, 0.2) is 3.92 Å². The van der Waals surface area contributed by atoms with Gasteiger partial charge < -0.3 is 0 Å². The predicted octanol–water partition coefficient (Wildman–Crippen LogP) is 2.89. The van der Waals surface area contributed by atoms with Crippen LogP contribution in [0.4, 0.5) is 0 Å². The molecule has 62 valence electrons. The van der Waals surface area contributed by atoms with E-state index in [9.17, 15) is 0 Å². The first-order valence-electron chi connectivity index (χ1n) is 3.45. The number of hydrogen-bond acceptors (Lipinski definition) is 3.